The first kappa shape index (κ1) is 19.0. The fourth-order valence-corrected chi connectivity index (χ4v) is 2.51. The van der Waals surface area contributed by atoms with Gasteiger partial charge in [0.05, 0.1) is 6.33 Å². The van der Waals surface area contributed by atoms with Crippen LogP contribution in [-0.4, -0.2) is 19.8 Å². The van der Waals surface area contributed by atoms with Gasteiger partial charge in [0, 0.05) is 29.9 Å². The minimum atomic E-state index is -1.50. The lowest BCUT2D eigenvalue weighted by Crippen LogP contribution is -2.08. The first-order valence-electron chi connectivity index (χ1n) is 7.57. The van der Waals surface area contributed by atoms with Crippen LogP contribution in [0.15, 0.2) is 43.0 Å². The molecule has 0 amide bonds. The first-order chi connectivity index (χ1) is 11.0. The Kier molecular flexibility index (Phi) is 8.75. The van der Waals surface area contributed by atoms with Gasteiger partial charge in [-0.2, -0.15) is 0 Å². The molecule has 0 aliphatic carbocycles. The molecule has 0 radical (unpaired) electrons. The van der Waals surface area contributed by atoms with Gasteiger partial charge in [-0.25, -0.2) is 4.98 Å². The molecule has 0 fully saturated rings. The molecule has 2 aromatic rings. The molecule has 23 heavy (non-hydrogen) atoms. The molecule has 126 valence electrons. The van der Waals surface area contributed by atoms with E-state index in [2.05, 4.69) is 28.6 Å². The van der Waals surface area contributed by atoms with Gasteiger partial charge in [-0.3, -0.25) is 0 Å². The summed E-state index contributed by atoms with van der Waals surface area (Å²) in [5.41, 5.74) is 1.37. The third kappa shape index (κ3) is 8.21. The summed E-state index contributed by atoms with van der Waals surface area (Å²) < 4.78 is 2.16. The van der Waals surface area contributed by atoms with Crippen LogP contribution in [0.3, 0.4) is 0 Å². The lowest BCUT2D eigenvalue weighted by molar-refractivity contribution is -0.742. The molecule has 0 bridgehead atoms. The summed E-state index contributed by atoms with van der Waals surface area (Å²) in [5, 5.41) is 14.4. The van der Waals surface area contributed by atoms with Crippen molar-refractivity contribution in [2.45, 2.75) is 45.1 Å². The Morgan fingerprint density at radius 2 is 2.00 bits per heavy atom. The number of imidazole rings is 1. The Labute approximate surface area is 140 Å². The van der Waals surface area contributed by atoms with E-state index in [-0.39, 0.29) is 0 Å². The third-order valence-corrected chi connectivity index (χ3v) is 3.74. The summed E-state index contributed by atoms with van der Waals surface area (Å²) in [6.45, 7) is 3.23. The van der Waals surface area contributed by atoms with E-state index >= 15 is 0 Å². The van der Waals surface area contributed by atoms with E-state index in [1.165, 1.54) is 31.2 Å². The van der Waals surface area contributed by atoms with Crippen LogP contribution in [0, 0.1) is 10.1 Å². The van der Waals surface area contributed by atoms with Crippen molar-refractivity contribution in [3.8, 4) is 0 Å². The van der Waals surface area contributed by atoms with Crippen molar-refractivity contribution in [3.63, 3.8) is 0 Å². The molecule has 1 unspecified atom stereocenters. The molecule has 0 spiro atoms. The molecule has 2 rings (SSSR count). The van der Waals surface area contributed by atoms with E-state index < -0.39 is 5.09 Å². The van der Waals surface area contributed by atoms with Crippen LogP contribution in [0.25, 0.3) is 0 Å². The van der Waals surface area contributed by atoms with Crippen LogP contribution in [-0.2, 0) is 6.54 Å². The maximum absolute atomic E-state index is 8.36. The third-order valence-electron chi connectivity index (χ3n) is 3.49. The molecule has 0 saturated heterocycles. The Balaban J connectivity index is 0.000000593. The van der Waals surface area contributed by atoms with Gasteiger partial charge in [0.15, 0.2) is 0 Å². The standard InChI is InChI=1S/C16H21ClN2.HNO3/c1-2-3-4-5-15(12-19-11-10-18-13-19)14-6-8-16(17)9-7-14;2-1(3)4/h6-11,13,15H,2-5,12H2,1H3;(H,2,3,4). The molecular weight excluding hydrogens is 318 g/mol. The molecule has 7 heteroatoms. The van der Waals surface area contributed by atoms with Crippen molar-refractivity contribution in [2.24, 2.45) is 0 Å². The number of unbranched alkanes of at least 4 members (excludes halogenated alkanes) is 2. The average molecular weight is 340 g/mol. The van der Waals surface area contributed by atoms with E-state index in [4.69, 9.17) is 26.9 Å². The lowest BCUT2D eigenvalue weighted by atomic mass is 9.93. The topological polar surface area (TPSA) is 81.2 Å². The van der Waals surface area contributed by atoms with Crippen LogP contribution in [0.1, 0.15) is 44.1 Å². The van der Waals surface area contributed by atoms with E-state index in [0.29, 0.717) is 5.92 Å². The lowest BCUT2D eigenvalue weighted by Gasteiger charge is -2.18. The monoisotopic (exact) mass is 339 g/mol. The Bertz CT molecular complexity index is 554. The molecular formula is C16H22ClN3O3. The number of nitrogens with zero attached hydrogens (tertiary/aromatic N) is 3. The molecule has 1 N–H and O–H groups in total. The summed E-state index contributed by atoms with van der Waals surface area (Å²) in [7, 11) is 0. The van der Waals surface area contributed by atoms with Crippen molar-refractivity contribution >= 4 is 11.6 Å². The van der Waals surface area contributed by atoms with Crippen molar-refractivity contribution in [2.75, 3.05) is 0 Å². The van der Waals surface area contributed by atoms with Gasteiger partial charge < -0.3 is 9.77 Å². The highest BCUT2D eigenvalue weighted by Gasteiger charge is 2.12. The molecule has 1 atom stereocenters. The van der Waals surface area contributed by atoms with Crippen LogP contribution >= 0.6 is 11.6 Å². The first-order valence-corrected chi connectivity index (χ1v) is 7.95. The van der Waals surface area contributed by atoms with Crippen molar-refractivity contribution < 1.29 is 10.3 Å². The van der Waals surface area contributed by atoms with Crippen molar-refractivity contribution in [1.82, 2.24) is 9.55 Å². The minimum Gasteiger partial charge on any atom is -0.337 e. The summed E-state index contributed by atoms with van der Waals surface area (Å²) in [4.78, 5) is 12.5. The molecule has 1 heterocycles. The van der Waals surface area contributed by atoms with Gasteiger partial charge >= 0.3 is 0 Å². The second-order valence-electron chi connectivity index (χ2n) is 5.24. The number of rotatable bonds is 7. The Hall–Kier alpha value is -2.08. The summed E-state index contributed by atoms with van der Waals surface area (Å²) >= 11 is 5.97. The highest BCUT2D eigenvalue weighted by atomic mass is 35.5. The maximum atomic E-state index is 8.36. The highest BCUT2D eigenvalue weighted by Crippen LogP contribution is 2.25. The van der Waals surface area contributed by atoms with E-state index in [1.807, 2.05) is 30.9 Å². The minimum absolute atomic E-state index is 0.540. The Morgan fingerprint density at radius 3 is 2.52 bits per heavy atom. The zero-order valence-corrected chi connectivity index (χ0v) is 13.9. The van der Waals surface area contributed by atoms with Crippen LogP contribution in [0.4, 0.5) is 0 Å². The predicted octanol–water partition coefficient (Wildman–Crippen LogP) is 4.55. The number of aromatic nitrogens is 2. The molecule has 6 nitrogen and oxygen atoms in total. The quantitative estimate of drug-likeness (QED) is 0.455. The Morgan fingerprint density at radius 1 is 1.35 bits per heavy atom. The molecule has 0 saturated carbocycles. The van der Waals surface area contributed by atoms with E-state index in [1.54, 1.807) is 0 Å². The fourth-order valence-electron chi connectivity index (χ4n) is 2.39. The summed E-state index contributed by atoms with van der Waals surface area (Å²) in [6, 6.07) is 8.26. The second kappa shape index (κ2) is 10.6. The summed E-state index contributed by atoms with van der Waals surface area (Å²) in [5.74, 6) is 0.540. The van der Waals surface area contributed by atoms with E-state index in [9.17, 15) is 0 Å². The molecule has 1 aromatic carbocycles. The zero-order chi connectivity index (χ0) is 17.1. The predicted molar refractivity (Wildman–Crippen MR) is 89.3 cm³/mol. The zero-order valence-electron chi connectivity index (χ0n) is 13.1. The van der Waals surface area contributed by atoms with Gasteiger partial charge in [0.2, 0.25) is 0 Å². The molecule has 1 aromatic heterocycles. The maximum Gasteiger partial charge on any atom is 0.291 e. The summed E-state index contributed by atoms with van der Waals surface area (Å²) in [6.07, 6.45) is 10.8. The largest absolute Gasteiger partial charge is 0.337 e. The van der Waals surface area contributed by atoms with Crippen LogP contribution < -0.4 is 0 Å². The van der Waals surface area contributed by atoms with Gasteiger partial charge in [0.25, 0.3) is 5.09 Å². The van der Waals surface area contributed by atoms with Gasteiger partial charge in [-0.1, -0.05) is 49.9 Å². The van der Waals surface area contributed by atoms with Gasteiger partial charge in [-0.15, -0.1) is 10.1 Å². The smallest absolute Gasteiger partial charge is 0.291 e. The van der Waals surface area contributed by atoms with Crippen molar-refractivity contribution in [3.05, 3.63) is 63.7 Å². The number of benzene rings is 1. The van der Waals surface area contributed by atoms with Crippen LogP contribution in [0.5, 0.6) is 0 Å². The normalized spacial score (nSPS) is 11.4. The van der Waals surface area contributed by atoms with Crippen LogP contribution in [0.2, 0.25) is 5.02 Å². The number of halogens is 1. The molecule has 0 aliphatic rings. The SMILES string of the molecule is CCCCCC(Cn1ccnc1)c1ccc(Cl)cc1.O=[N+]([O-])O. The highest BCUT2D eigenvalue weighted by molar-refractivity contribution is 6.30. The average Bonchev–Trinajstić information content (AvgIpc) is 3.00. The van der Waals surface area contributed by atoms with Gasteiger partial charge in [-0.05, 0) is 24.1 Å². The van der Waals surface area contributed by atoms with Gasteiger partial charge in [0.1, 0.15) is 0 Å². The van der Waals surface area contributed by atoms with E-state index in [0.717, 1.165) is 11.6 Å². The number of hydrogen-bond donors (Lipinski definition) is 1. The second-order valence-corrected chi connectivity index (χ2v) is 5.68. The fraction of sp³-hybridized carbons (Fsp3) is 0.438. The molecule has 0 aliphatic heterocycles. The van der Waals surface area contributed by atoms with Crippen molar-refractivity contribution in [1.29, 1.82) is 0 Å². The number of hydrogen-bond acceptors (Lipinski definition) is 3.